The van der Waals surface area contributed by atoms with Crippen molar-refractivity contribution >= 4 is 28.4 Å². The molecule has 6 heteroatoms. The van der Waals surface area contributed by atoms with Gasteiger partial charge in [0.25, 0.3) is 0 Å². The van der Waals surface area contributed by atoms with Crippen molar-refractivity contribution in [2.75, 3.05) is 32.1 Å². The number of hydrogen-bond acceptors (Lipinski definition) is 3. The Morgan fingerprint density at radius 1 is 0.780 bits per heavy atom. The second-order valence-electron chi connectivity index (χ2n) is 11.5. The van der Waals surface area contributed by atoms with E-state index in [1.807, 2.05) is 72.6 Å². The first-order chi connectivity index (χ1) is 20.0. The first-order valence-electron chi connectivity index (χ1n) is 14.9. The van der Waals surface area contributed by atoms with E-state index in [9.17, 15) is 9.59 Å². The Kier molecular flexibility index (Phi) is 9.40. The number of carbonyl (C=O) groups is 2. The van der Waals surface area contributed by atoms with Crippen LogP contribution in [0.25, 0.3) is 10.9 Å². The molecule has 5 rings (SSSR count). The van der Waals surface area contributed by atoms with Crippen molar-refractivity contribution in [1.29, 1.82) is 0 Å². The Hall–Kier alpha value is -4.06. The number of H-pyrrole nitrogens is 1. The van der Waals surface area contributed by atoms with Crippen LogP contribution in [0.4, 0.5) is 5.69 Å². The van der Waals surface area contributed by atoms with Crippen LogP contribution >= 0.6 is 0 Å². The van der Waals surface area contributed by atoms with Crippen LogP contribution in [0.15, 0.2) is 85.1 Å². The van der Waals surface area contributed by atoms with Crippen LogP contribution in [0.5, 0.6) is 0 Å². The maximum absolute atomic E-state index is 14.0. The molecule has 0 saturated heterocycles. The summed E-state index contributed by atoms with van der Waals surface area (Å²) in [6.45, 7) is 1.63. The fraction of sp³-hybridized carbons (Fsp3) is 0.371. The first-order valence-corrected chi connectivity index (χ1v) is 14.9. The molecule has 3 aromatic carbocycles. The van der Waals surface area contributed by atoms with Gasteiger partial charge in [0.2, 0.25) is 11.8 Å². The largest absolute Gasteiger partial charge is 0.378 e. The van der Waals surface area contributed by atoms with Gasteiger partial charge in [-0.3, -0.25) is 9.59 Å². The van der Waals surface area contributed by atoms with Gasteiger partial charge in [-0.1, -0.05) is 79.9 Å². The van der Waals surface area contributed by atoms with Gasteiger partial charge in [-0.05, 0) is 54.2 Å². The van der Waals surface area contributed by atoms with E-state index in [1.165, 1.54) is 17.4 Å². The van der Waals surface area contributed by atoms with Crippen molar-refractivity contribution in [3.8, 4) is 0 Å². The highest BCUT2D eigenvalue weighted by Gasteiger charge is 2.29. The summed E-state index contributed by atoms with van der Waals surface area (Å²) in [5, 5.41) is 1.19. The van der Waals surface area contributed by atoms with Gasteiger partial charge in [-0.25, -0.2) is 0 Å². The number of hydrogen-bond donors (Lipinski definition) is 1. The number of aromatic amines is 1. The van der Waals surface area contributed by atoms with Gasteiger partial charge >= 0.3 is 0 Å². The van der Waals surface area contributed by atoms with Gasteiger partial charge in [0, 0.05) is 62.4 Å². The second-order valence-corrected chi connectivity index (χ2v) is 11.5. The number of para-hydroxylation sites is 1. The summed E-state index contributed by atoms with van der Waals surface area (Å²) in [4.78, 5) is 37.0. The van der Waals surface area contributed by atoms with E-state index in [2.05, 4.69) is 46.3 Å². The summed E-state index contributed by atoms with van der Waals surface area (Å²) in [7, 11) is 4.05. The molecule has 4 aromatic rings. The smallest absolute Gasteiger partial charge is 0.242 e. The summed E-state index contributed by atoms with van der Waals surface area (Å²) < 4.78 is 0. The highest BCUT2D eigenvalue weighted by molar-refractivity contribution is 5.86. The molecule has 1 heterocycles. The minimum absolute atomic E-state index is 0.0124. The summed E-state index contributed by atoms with van der Waals surface area (Å²) in [6.07, 6.45) is 7.98. The van der Waals surface area contributed by atoms with E-state index in [0.717, 1.165) is 54.4 Å². The fourth-order valence-electron chi connectivity index (χ4n) is 5.89. The maximum atomic E-state index is 14.0. The van der Waals surface area contributed by atoms with Crippen LogP contribution in [0, 0.1) is 5.92 Å². The summed E-state index contributed by atoms with van der Waals surface area (Å²) >= 11 is 0. The van der Waals surface area contributed by atoms with Crippen LogP contribution in [-0.4, -0.2) is 53.8 Å². The average molecular weight is 551 g/mol. The highest BCUT2D eigenvalue weighted by Crippen LogP contribution is 2.26. The second kappa shape index (κ2) is 13.5. The summed E-state index contributed by atoms with van der Waals surface area (Å²) in [6, 6.07) is 26.7. The topological polar surface area (TPSA) is 59.7 Å². The molecule has 0 radical (unpaired) electrons. The van der Waals surface area contributed by atoms with Gasteiger partial charge in [-0.15, -0.1) is 0 Å². The molecular weight excluding hydrogens is 508 g/mol. The molecule has 214 valence electrons. The molecule has 1 saturated carbocycles. The molecule has 0 aliphatic heterocycles. The average Bonchev–Trinajstić information content (AvgIpc) is 3.42. The molecule has 1 fully saturated rings. The number of fused-ring (bicyclic) bond motifs is 1. The van der Waals surface area contributed by atoms with Gasteiger partial charge in [0.15, 0.2) is 0 Å². The van der Waals surface area contributed by atoms with E-state index >= 15 is 0 Å². The van der Waals surface area contributed by atoms with Gasteiger partial charge in [0.05, 0.1) is 0 Å². The highest BCUT2D eigenvalue weighted by atomic mass is 16.2. The minimum atomic E-state index is -0.0124. The zero-order chi connectivity index (χ0) is 28.6. The third-order valence-electron chi connectivity index (χ3n) is 8.31. The standard InChI is InChI=1S/C35H42N4O2/c1-37(2)31-19-17-28(18-20-31)24-38(22-21-30-23-36-33-16-10-9-15-32(30)33)34(40)26-39(25-27-11-5-3-6-12-27)35(41)29-13-7-4-8-14-29/h3,5-6,9-12,15-20,23,29,36H,4,7-8,13-14,21-22,24-26H2,1-2H3. The summed E-state index contributed by atoms with van der Waals surface area (Å²) in [5.74, 6) is 0.119. The molecule has 1 N–H and O–H groups in total. The molecule has 1 aliphatic rings. The van der Waals surface area contributed by atoms with Crippen LogP contribution < -0.4 is 4.90 Å². The Bertz CT molecular complexity index is 1420. The zero-order valence-electron chi connectivity index (χ0n) is 24.4. The predicted octanol–water partition coefficient (Wildman–Crippen LogP) is 6.41. The Labute approximate surface area is 244 Å². The molecule has 0 spiro atoms. The van der Waals surface area contributed by atoms with Crippen molar-refractivity contribution in [2.24, 2.45) is 5.92 Å². The molecule has 1 aromatic heterocycles. The van der Waals surface area contributed by atoms with E-state index in [0.29, 0.717) is 19.6 Å². The van der Waals surface area contributed by atoms with Crippen LogP contribution in [-0.2, 0) is 29.1 Å². The Balaban J connectivity index is 1.37. The Morgan fingerprint density at radius 3 is 2.17 bits per heavy atom. The van der Waals surface area contributed by atoms with Gasteiger partial charge in [-0.2, -0.15) is 0 Å². The monoisotopic (exact) mass is 550 g/mol. The van der Waals surface area contributed by atoms with E-state index < -0.39 is 0 Å². The lowest BCUT2D eigenvalue weighted by molar-refractivity contribution is -0.144. The number of nitrogens with zero attached hydrogens (tertiary/aromatic N) is 3. The van der Waals surface area contributed by atoms with Crippen molar-refractivity contribution < 1.29 is 9.59 Å². The molecule has 1 aliphatic carbocycles. The van der Waals surface area contributed by atoms with E-state index in [4.69, 9.17) is 0 Å². The first kappa shape index (κ1) is 28.5. The van der Waals surface area contributed by atoms with Crippen molar-refractivity contribution in [2.45, 2.75) is 51.6 Å². The lowest BCUT2D eigenvalue weighted by Crippen LogP contribution is -2.45. The lowest BCUT2D eigenvalue weighted by atomic mass is 9.88. The SMILES string of the molecule is CN(C)c1ccc(CN(CCc2c[nH]c3ccccc23)C(=O)CN(Cc2ccccc2)C(=O)C2CCCCC2)cc1. The third-order valence-corrected chi connectivity index (χ3v) is 8.31. The lowest BCUT2D eigenvalue weighted by Gasteiger charge is -2.31. The number of aromatic nitrogens is 1. The molecular formula is C35H42N4O2. The molecule has 0 unspecified atom stereocenters. The summed E-state index contributed by atoms with van der Waals surface area (Å²) in [5.41, 5.74) is 5.55. The zero-order valence-corrected chi connectivity index (χ0v) is 24.4. The van der Waals surface area contributed by atoms with Crippen LogP contribution in [0.3, 0.4) is 0 Å². The fourth-order valence-corrected chi connectivity index (χ4v) is 5.89. The molecule has 6 nitrogen and oxygen atoms in total. The number of nitrogens with one attached hydrogen (secondary N) is 1. The van der Waals surface area contributed by atoms with Crippen LogP contribution in [0.1, 0.15) is 48.8 Å². The van der Waals surface area contributed by atoms with E-state index in [-0.39, 0.29) is 24.3 Å². The van der Waals surface area contributed by atoms with Crippen molar-refractivity contribution in [3.05, 3.63) is 102 Å². The Morgan fingerprint density at radius 2 is 1.44 bits per heavy atom. The number of benzene rings is 3. The van der Waals surface area contributed by atoms with Gasteiger partial charge in [0.1, 0.15) is 6.54 Å². The molecule has 41 heavy (non-hydrogen) atoms. The normalized spacial score (nSPS) is 13.7. The number of amides is 2. The molecule has 2 amide bonds. The predicted molar refractivity (Wildman–Crippen MR) is 167 cm³/mol. The third kappa shape index (κ3) is 7.37. The van der Waals surface area contributed by atoms with Crippen molar-refractivity contribution in [3.63, 3.8) is 0 Å². The van der Waals surface area contributed by atoms with Gasteiger partial charge < -0.3 is 19.7 Å². The molecule has 0 bridgehead atoms. The van der Waals surface area contributed by atoms with Crippen LogP contribution in [0.2, 0.25) is 0 Å². The number of anilines is 1. The molecule has 0 atom stereocenters. The quantitative estimate of drug-likeness (QED) is 0.235. The maximum Gasteiger partial charge on any atom is 0.242 e. The number of carbonyl (C=O) groups excluding carboxylic acids is 2. The number of rotatable bonds is 11. The minimum Gasteiger partial charge on any atom is -0.378 e. The van der Waals surface area contributed by atoms with Crippen molar-refractivity contribution in [1.82, 2.24) is 14.8 Å². The van der Waals surface area contributed by atoms with E-state index in [1.54, 1.807) is 0 Å².